The van der Waals surface area contributed by atoms with E-state index >= 15 is 0 Å². The molecule has 0 aliphatic heterocycles. The van der Waals surface area contributed by atoms with Crippen molar-refractivity contribution in [3.8, 4) is 16.3 Å². The second-order valence-electron chi connectivity index (χ2n) is 6.97. The number of thiazole rings is 1. The summed E-state index contributed by atoms with van der Waals surface area (Å²) in [5.74, 6) is 0.831. The minimum atomic E-state index is -0.0173. The molecule has 0 bridgehead atoms. The van der Waals surface area contributed by atoms with E-state index in [0.717, 1.165) is 22.0 Å². The maximum atomic E-state index is 12.5. The number of hydrogen-bond acceptors (Lipinski definition) is 5. The van der Waals surface area contributed by atoms with Crippen LogP contribution in [0.25, 0.3) is 10.6 Å². The van der Waals surface area contributed by atoms with Gasteiger partial charge in [0.2, 0.25) is 5.91 Å². The van der Waals surface area contributed by atoms with Gasteiger partial charge in [-0.2, -0.15) is 0 Å². The SMILES string of the molecule is CCOc1ccc(-c2nc(CC(=O)NCC(c3ccccc3)N(C)C)cs2)cc1. The van der Waals surface area contributed by atoms with Gasteiger partial charge in [0.15, 0.2) is 0 Å². The fraction of sp³-hybridized carbons (Fsp3) is 0.304. The highest BCUT2D eigenvalue weighted by atomic mass is 32.1. The second-order valence-corrected chi connectivity index (χ2v) is 7.83. The summed E-state index contributed by atoms with van der Waals surface area (Å²) >= 11 is 1.55. The minimum absolute atomic E-state index is 0.0173. The van der Waals surface area contributed by atoms with Crippen molar-refractivity contribution in [2.45, 2.75) is 19.4 Å². The van der Waals surface area contributed by atoms with E-state index < -0.39 is 0 Å². The summed E-state index contributed by atoms with van der Waals surface area (Å²) in [5.41, 5.74) is 3.00. The molecular formula is C23H27N3O2S. The van der Waals surface area contributed by atoms with Crippen molar-refractivity contribution in [1.82, 2.24) is 15.2 Å². The van der Waals surface area contributed by atoms with Crippen LogP contribution in [0.4, 0.5) is 0 Å². The van der Waals surface area contributed by atoms with Gasteiger partial charge in [0.1, 0.15) is 10.8 Å². The Morgan fingerprint density at radius 1 is 1.14 bits per heavy atom. The number of carbonyl (C=O) groups excluding carboxylic acids is 1. The lowest BCUT2D eigenvalue weighted by molar-refractivity contribution is -0.120. The van der Waals surface area contributed by atoms with Gasteiger partial charge < -0.3 is 15.0 Å². The number of aromatic nitrogens is 1. The Labute approximate surface area is 176 Å². The summed E-state index contributed by atoms with van der Waals surface area (Å²) in [6.07, 6.45) is 0.280. The summed E-state index contributed by atoms with van der Waals surface area (Å²) in [6, 6.07) is 18.2. The largest absolute Gasteiger partial charge is 0.494 e. The Kier molecular flexibility index (Phi) is 7.38. The molecule has 3 rings (SSSR count). The molecule has 152 valence electrons. The molecule has 1 atom stereocenters. The van der Waals surface area contributed by atoms with E-state index in [4.69, 9.17) is 4.74 Å². The first kappa shape index (κ1) is 21.0. The van der Waals surface area contributed by atoms with E-state index in [2.05, 4.69) is 27.3 Å². The van der Waals surface area contributed by atoms with E-state index in [1.165, 1.54) is 5.56 Å². The third-order valence-corrected chi connectivity index (χ3v) is 5.55. The molecule has 0 saturated heterocycles. The molecule has 0 fully saturated rings. The molecule has 1 amide bonds. The predicted molar refractivity (Wildman–Crippen MR) is 118 cm³/mol. The Bertz CT molecular complexity index is 907. The molecule has 3 aromatic rings. The highest BCUT2D eigenvalue weighted by Gasteiger charge is 2.16. The number of amides is 1. The Morgan fingerprint density at radius 3 is 2.52 bits per heavy atom. The summed E-state index contributed by atoms with van der Waals surface area (Å²) in [7, 11) is 4.04. The van der Waals surface area contributed by atoms with Gasteiger partial charge in [0.25, 0.3) is 0 Å². The number of likely N-dealkylation sites (N-methyl/N-ethyl adjacent to an activating group) is 1. The van der Waals surface area contributed by atoms with Crippen molar-refractivity contribution >= 4 is 17.2 Å². The quantitative estimate of drug-likeness (QED) is 0.576. The van der Waals surface area contributed by atoms with E-state index in [9.17, 15) is 4.79 Å². The van der Waals surface area contributed by atoms with Crippen molar-refractivity contribution in [1.29, 1.82) is 0 Å². The van der Waals surface area contributed by atoms with Gasteiger partial charge in [-0.05, 0) is 50.8 Å². The van der Waals surface area contributed by atoms with Gasteiger partial charge in [0, 0.05) is 17.5 Å². The average Bonchev–Trinajstić information content (AvgIpc) is 3.18. The number of nitrogens with one attached hydrogen (secondary N) is 1. The van der Waals surface area contributed by atoms with E-state index in [-0.39, 0.29) is 18.4 Å². The average molecular weight is 410 g/mol. The Hall–Kier alpha value is -2.70. The van der Waals surface area contributed by atoms with E-state index in [1.807, 2.05) is 68.9 Å². The first-order chi connectivity index (χ1) is 14.1. The molecule has 1 unspecified atom stereocenters. The first-order valence-corrected chi connectivity index (χ1v) is 10.6. The van der Waals surface area contributed by atoms with Crippen LogP contribution in [-0.2, 0) is 11.2 Å². The Balaban J connectivity index is 1.57. The van der Waals surface area contributed by atoms with E-state index in [1.54, 1.807) is 11.3 Å². The number of benzene rings is 2. The second kappa shape index (κ2) is 10.2. The number of nitrogens with zero attached hydrogens (tertiary/aromatic N) is 2. The molecular weight excluding hydrogens is 382 g/mol. The van der Waals surface area contributed by atoms with Crippen LogP contribution in [0.15, 0.2) is 60.0 Å². The standard InChI is InChI=1S/C23H27N3O2S/c1-4-28-20-12-10-18(11-13-20)23-25-19(16-29-23)14-22(27)24-15-21(26(2)3)17-8-6-5-7-9-17/h5-13,16,21H,4,14-15H2,1-3H3,(H,24,27). The number of hydrogen-bond donors (Lipinski definition) is 1. The smallest absolute Gasteiger partial charge is 0.226 e. The molecule has 6 heteroatoms. The maximum absolute atomic E-state index is 12.5. The summed E-state index contributed by atoms with van der Waals surface area (Å²) in [4.78, 5) is 19.2. The zero-order valence-corrected chi connectivity index (χ0v) is 17.9. The predicted octanol–water partition coefficient (Wildman–Crippen LogP) is 4.17. The monoisotopic (exact) mass is 409 g/mol. The topological polar surface area (TPSA) is 54.5 Å². The van der Waals surface area contributed by atoms with Gasteiger partial charge >= 0.3 is 0 Å². The highest BCUT2D eigenvalue weighted by Crippen LogP contribution is 2.26. The van der Waals surface area contributed by atoms with Crippen molar-refractivity contribution in [2.75, 3.05) is 27.2 Å². The lowest BCUT2D eigenvalue weighted by Gasteiger charge is -2.25. The highest BCUT2D eigenvalue weighted by molar-refractivity contribution is 7.13. The molecule has 1 heterocycles. The van der Waals surface area contributed by atoms with Crippen LogP contribution < -0.4 is 10.1 Å². The molecule has 2 aromatic carbocycles. The third kappa shape index (κ3) is 5.89. The molecule has 5 nitrogen and oxygen atoms in total. The molecule has 0 aliphatic carbocycles. The molecule has 0 saturated carbocycles. The van der Waals surface area contributed by atoms with Crippen LogP contribution in [0.5, 0.6) is 5.75 Å². The van der Waals surface area contributed by atoms with Gasteiger partial charge in [0.05, 0.1) is 24.8 Å². The molecule has 0 radical (unpaired) electrons. The normalized spacial score (nSPS) is 12.0. The molecule has 1 N–H and O–H groups in total. The van der Waals surface area contributed by atoms with Gasteiger partial charge in [-0.15, -0.1) is 11.3 Å². The summed E-state index contributed by atoms with van der Waals surface area (Å²) in [5, 5.41) is 5.91. The molecule has 0 aliphatic rings. The van der Waals surface area contributed by atoms with Crippen molar-refractivity contribution in [2.24, 2.45) is 0 Å². The molecule has 0 spiro atoms. The summed E-state index contributed by atoms with van der Waals surface area (Å²) in [6.45, 7) is 3.17. The molecule has 1 aromatic heterocycles. The number of ether oxygens (including phenoxy) is 1. The zero-order chi connectivity index (χ0) is 20.6. The minimum Gasteiger partial charge on any atom is -0.494 e. The van der Waals surface area contributed by atoms with Gasteiger partial charge in [-0.3, -0.25) is 4.79 Å². The van der Waals surface area contributed by atoms with Crippen molar-refractivity contribution in [3.05, 3.63) is 71.2 Å². The van der Waals surface area contributed by atoms with E-state index in [0.29, 0.717) is 13.2 Å². The first-order valence-electron chi connectivity index (χ1n) is 9.72. The molecule has 29 heavy (non-hydrogen) atoms. The zero-order valence-electron chi connectivity index (χ0n) is 17.1. The van der Waals surface area contributed by atoms with Crippen LogP contribution in [0.1, 0.15) is 24.2 Å². The van der Waals surface area contributed by atoms with Gasteiger partial charge in [-0.1, -0.05) is 30.3 Å². The summed E-state index contributed by atoms with van der Waals surface area (Å²) < 4.78 is 5.48. The number of rotatable bonds is 9. The number of carbonyl (C=O) groups is 1. The van der Waals surface area contributed by atoms with Crippen LogP contribution in [0.3, 0.4) is 0 Å². The van der Waals surface area contributed by atoms with Crippen LogP contribution in [-0.4, -0.2) is 43.0 Å². The van der Waals surface area contributed by atoms with Crippen LogP contribution >= 0.6 is 11.3 Å². The lowest BCUT2D eigenvalue weighted by atomic mass is 10.1. The Morgan fingerprint density at radius 2 is 1.86 bits per heavy atom. The van der Waals surface area contributed by atoms with Crippen molar-refractivity contribution in [3.63, 3.8) is 0 Å². The maximum Gasteiger partial charge on any atom is 0.226 e. The fourth-order valence-corrected chi connectivity index (χ4v) is 3.92. The van der Waals surface area contributed by atoms with Gasteiger partial charge in [-0.25, -0.2) is 4.98 Å². The van der Waals surface area contributed by atoms with Crippen LogP contribution in [0, 0.1) is 0 Å². The lowest BCUT2D eigenvalue weighted by Crippen LogP contribution is -2.35. The van der Waals surface area contributed by atoms with Crippen LogP contribution in [0.2, 0.25) is 0 Å². The third-order valence-electron chi connectivity index (χ3n) is 4.61. The van der Waals surface area contributed by atoms with Crippen molar-refractivity contribution < 1.29 is 9.53 Å². The fourth-order valence-electron chi connectivity index (χ4n) is 3.09.